The van der Waals surface area contributed by atoms with Crippen molar-refractivity contribution >= 4 is 46.7 Å². The molecular weight excluding hydrogens is 386 g/mol. The molecule has 0 unspecified atom stereocenters. The van der Waals surface area contributed by atoms with Crippen molar-refractivity contribution < 1.29 is 4.79 Å². The highest BCUT2D eigenvalue weighted by atomic mass is 35.5. The molecule has 0 saturated heterocycles. The molecule has 0 spiro atoms. The van der Waals surface area contributed by atoms with Crippen LogP contribution in [0.25, 0.3) is 6.08 Å². The molecule has 0 bridgehead atoms. The summed E-state index contributed by atoms with van der Waals surface area (Å²) in [4.78, 5) is 20.9. The molecule has 6 nitrogen and oxygen atoms in total. The zero-order valence-corrected chi connectivity index (χ0v) is 17.0. The molecule has 148 valence electrons. The summed E-state index contributed by atoms with van der Waals surface area (Å²) >= 11 is 5.86. The molecule has 3 aromatic rings. The minimum Gasteiger partial charge on any atom is -0.354 e. The summed E-state index contributed by atoms with van der Waals surface area (Å²) in [7, 11) is 0. The first-order chi connectivity index (χ1) is 14.0. The normalized spacial score (nSPS) is 10.7. The van der Waals surface area contributed by atoms with E-state index >= 15 is 0 Å². The largest absolute Gasteiger partial charge is 0.354 e. The Morgan fingerprint density at radius 1 is 1.03 bits per heavy atom. The molecule has 2 aromatic carbocycles. The lowest BCUT2D eigenvalue weighted by Crippen LogP contribution is -2.07. The Labute approximate surface area is 175 Å². The molecule has 1 amide bonds. The quantitative estimate of drug-likeness (QED) is 0.465. The predicted molar refractivity (Wildman–Crippen MR) is 120 cm³/mol. The highest BCUT2D eigenvalue weighted by Gasteiger charge is 2.03. The molecule has 3 rings (SSSR count). The average molecular weight is 408 g/mol. The van der Waals surface area contributed by atoms with E-state index in [4.69, 9.17) is 11.6 Å². The van der Waals surface area contributed by atoms with Crippen molar-refractivity contribution in [2.75, 3.05) is 22.5 Å². The number of hydrogen-bond acceptors (Lipinski definition) is 5. The molecule has 1 aromatic heterocycles. The Bertz CT molecular complexity index is 1000. The molecule has 0 fully saturated rings. The number of carbonyl (C=O) groups is 1. The Balaban J connectivity index is 1.60. The molecule has 0 aliphatic rings. The number of benzene rings is 2. The van der Waals surface area contributed by atoms with Gasteiger partial charge in [0.2, 0.25) is 11.9 Å². The van der Waals surface area contributed by atoms with E-state index in [0.29, 0.717) is 22.5 Å². The number of anilines is 4. The van der Waals surface area contributed by atoms with Crippen LogP contribution in [0.2, 0.25) is 5.02 Å². The van der Waals surface area contributed by atoms with Crippen molar-refractivity contribution in [2.24, 2.45) is 0 Å². The number of nitrogens with one attached hydrogen (secondary N) is 3. The van der Waals surface area contributed by atoms with Gasteiger partial charge in [-0.15, -0.1) is 0 Å². The molecule has 29 heavy (non-hydrogen) atoms. The van der Waals surface area contributed by atoms with Crippen molar-refractivity contribution in [2.45, 2.75) is 13.8 Å². The van der Waals surface area contributed by atoms with Gasteiger partial charge in [0, 0.05) is 40.8 Å². The highest BCUT2D eigenvalue weighted by molar-refractivity contribution is 6.30. The smallest absolute Gasteiger partial charge is 0.248 e. The van der Waals surface area contributed by atoms with Crippen molar-refractivity contribution in [3.8, 4) is 0 Å². The fourth-order valence-corrected chi connectivity index (χ4v) is 2.71. The van der Waals surface area contributed by atoms with E-state index in [1.54, 1.807) is 18.2 Å². The molecule has 1 heterocycles. The number of aromatic nitrogens is 2. The van der Waals surface area contributed by atoms with Crippen LogP contribution in [0.5, 0.6) is 0 Å². The Morgan fingerprint density at radius 2 is 1.72 bits per heavy atom. The first-order valence-electron chi connectivity index (χ1n) is 9.23. The molecule has 0 aliphatic carbocycles. The van der Waals surface area contributed by atoms with Gasteiger partial charge in [0.25, 0.3) is 0 Å². The van der Waals surface area contributed by atoms with Crippen LogP contribution in [0.1, 0.15) is 18.2 Å². The standard InChI is InChI=1S/C22H22ClN5O/c1-3-24-22-25-15(2)14-20(28-22)26-18-9-11-19(12-10-18)27-21(29)13-6-16-4-7-17(23)8-5-16/h4-14H,3H2,1-2H3,(H,27,29)(H2,24,25,26,28)/b13-6+. The number of amides is 1. The van der Waals surface area contributed by atoms with Crippen molar-refractivity contribution in [1.82, 2.24) is 9.97 Å². The van der Waals surface area contributed by atoms with Gasteiger partial charge in [-0.1, -0.05) is 23.7 Å². The molecule has 0 saturated carbocycles. The molecular formula is C22H22ClN5O. The lowest BCUT2D eigenvalue weighted by atomic mass is 10.2. The van der Waals surface area contributed by atoms with Gasteiger partial charge in [0.15, 0.2) is 0 Å². The number of nitrogens with zero attached hydrogens (tertiary/aromatic N) is 2. The minimum absolute atomic E-state index is 0.206. The van der Waals surface area contributed by atoms with Crippen molar-refractivity contribution in [3.63, 3.8) is 0 Å². The van der Waals surface area contributed by atoms with Crippen LogP contribution in [0.15, 0.2) is 60.7 Å². The van der Waals surface area contributed by atoms with Gasteiger partial charge in [-0.05, 0) is 61.9 Å². The average Bonchev–Trinajstić information content (AvgIpc) is 2.69. The molecule has 3 N–H and O–H groups in total. The summed E-state index contributed by atoms with van der Waals surface area (Å²) in [6, 6.07) is 16.6. The van der Waals surface area contributed by atoms with Crippen molar-refractivity contribution in [1.29, 1.82) is 0 Å². The summed E-state index contributed by atoms with van der Waals surface area (Å²) in [5.41, 5.74) is 3.34. The van der Waals surface area contributed by atoms with Gasteiger partial charge < -0.3 is 16.0 Å². The lowest BCUT2D eigenvalue weighted by molar-refractivity contribution is -0.111. The summed E-state index contributed by atoms with van der Waals surface area (Å²) in [6.45, 7) is 4.67. The van der Waals surface area contributed by atoms with Gasteiger partial charge >= 0.3 is 0 Å². The van der Waals surface area contributed by atoms with E-state index in [1.807, 2.05) is 56.3 Å². The first-order valence-corrected chi connectivity index (χ1v) is 9.61. The maximum absolute atomic E-state index is 12.1. The maximum atomic E-state index is 12.1. The number of rotatable bonds is 7. The summed E-state index contributed by atoms with van der Waals surface area (Å²) in [6.07, 6.45) is 3.22. The first kappa shape index (κ1) is 20.4. The zero-order chi connectivity index (χ0) is 20.6. The molecule has 0 radical (unpaired) electrons. The van der Waals surface area contributed by atoms with Crippen LogP contribution >= 0.6 is 11.6 Å². The predicted octanol–water partition coefficient (Wildman–Crippen LogP) is 5.27. The minimum atomic E-state index is -0.206. The molecule has 0 aliphatic heterocycles. The van der Waals surface area contributed by atoms with E-state index in [2.05, 4.69) is 25.9 Å². The van der Waals surface area contributed by atoms with Gasteiger partial charge in [0.05, 0.1) is 0 Å². The van der Waals surface area contributed by atoms with E-state index in [0.717, 1.165) is 23.5 Å². The zero-order valence-electron chi connectivity index (χ0n) is 16.2. The van der Waals surface area contributed by atoms with Gasteiger partial charge in [-0.3, -0.25) is 4.79 Å². The van der Waals surface area contributed by atoms with Crippen LogP contribution in [0.4, 0.5) is 23.1 Å². The second-order valence-corrected chi connectivity index (χ2v) is 6.76. The van der Waals surface area contributed by atoms with E-state index in [-0.39, 0.29) is 5.91 Å². The Morgan fingerprint density at radius 3 is 2.41 bits per heavy atom. The van der Waals surface area contributed by atoms with Crippen LogP contribution < -0.4 is 16.0 Å². The SMILES string of the molecule is CCNc1nc(C)cc(Nc2ccc(NC(=O)/C=C/c3ccc(Cl)cc3)cc2)n1. The van der Waals surface area contributed by atoms with E-state index < -0.39 is 0 Å². The lowest BCUT2D eigenvalue weighted by Gasteiger charge is -2.10. The van der Waals surface area contributed by atoms with Crippen LogP contribution in [0.3, 0.4) is 0 Å². The van der Waals surface area contributed by atoms with Crippen molar-refractivity contribution in [3.05, 3.63) is 77.0 Å². The number of halogens is 1. The topological polar surface area (TPSA) is 78.9 Å². The fourth-order valence-electron chi connectivity index (χ4n) is 2.58. The monoisotopic (exact) mass is 407 g/mol. The van der Waals surface area contributed by atoms with Crippen LogP contribution in [0, 0.1) is 6.92 Å². The van der Waals surface area contributed by atoms with Gasteiger partial charge in [0.1, 0.15) is 5.82 Å². The second-order valence-electron chi connectivity index (χ2n) is 6.32. The third kappa shape index (κ3) is 6.33. The fraction of sp³-hybridized carbons (Fsp3) is 0.136. The van der Waals surface area contributed by atoms with Crippen LogP contribution in [-0.4, -0.2) is 22.4 Å². The highest BCUT2D eigenvalue weighted by Crippen LogP contribution is 2.19. The number of aryl methyl sites for hydroxylation is 1. The Hall–Kier alpha value is -3.38. The van der Waals surface area contributed by atoms with E-state index in [9.17, 15) is 4.79 Å². The van der Waals surface area contributed by atoms with Gasteiger partial charge in [-0.2, -0.15) is 4.98 Å². The number of carbonyl (C=O) groups excluding carboxylic acids is 1. The number of hydrogen-bond donors (Lipinski definition) is 3. The van der Waals surface area contributed by atoms with Gasteiger partial charge in [-0.25, -0.2) is 4.98 Å². The maximum Gasteiger partial charge on any atom is 0.248 e. The summed E-state index contributed by atoms with van der Waals surface area (Å²) in [5, 5.41) is 9.85. The molecule has 0 atom stereocenters. The third-order valence-electron chi connectivity index (χ3n) is 3.91. The second kappa shape index (κ2) is 9.71. The Kier molecular flexibility index (Phi) is 6.81. The molecule has 7 heteroatoms. The van der Waals surface area contributed by atoms with Crippen LogP contribution in [-0.2, 0) is 4.79 Å². The summed E-state index contributed by atoms with van der Waals surface area (Å²) in [5.74, 6) is 1.09. The third-order valence-corrected chi connectivity index (χ3v) is 4.16. The summed E-state index contributed by atoms with van der Waals surface area (Å²) < 4.78 is 0. The van der Waals surface area contributed by atoms with E-state index in [1.165, 1.54) is 6.08 Å².